The molecule has 2 N–H and O–H groups in total. The van der Waals surface area contributed by atoms with Crippen LogP contribution in [0.5, 0.6) is 5.75 Å². The van der Waals surface area contributed by atoms with Gasteiger partial charge in [-0.2, -0.15) is 0 Å². The van der Waals surface area contributed by atoms with E-state index in [9.17, 15) is 19.2 Å². The monoisotopic (exact) mass is 611 g/mol. The molecule has 0 aliphatic carbocycles. The van der Waals surface area contributed by atoms with Gasteiger partial charge in [-0.25, -0.2) is 9.69 Å². The molecular formula is C25H14Cl5N3O5. The zero-order valence-corrected chi connectivity index (χ0v) is 22.6. The van der Waals surface area contributed by atoms with Crippen molar-refractivity contribution in [2.45, 2.75) is 0 Å². The van der Waals surface area contributed by atoms with Crippen LogP contribution in [0, 0.1) is 0 Å². The highest BCUT2D eigenvalue weighted by molar-refractivity contribution is 6.42. The molecule has 0 radical (unpaired) electrons. The molecule has 1 heterocycles. The number of carbonyl (C=O) groups is 4. The van der Waals surface area contributed by atoms with Crippen molar-refractivity contribution in [3.63, 3.8) is 0 Å². The van der Waals surface area contributed by atoms with Crippen molar-refractivity contribution in [2.75, 3.05) is 16.8 Å². The van der Waals surface area contributed by atoms with E-state index >= 15 is 0 Å². The number of hydrogen-bond donors (Lipinski definition) is 2. The molecule has 3 aromatic rings. The van der Waals surface area contributed by atoms with Crippen LogP contribution in [0.2, 0.25) is 25.1 Å². The molecule has 1 aliphatic heterocycles. The number of imide groups is 2. The third-order valence-electron chi connectivity index (χ3n) is 5.05. The number of nitrogens with one attached hydrogen (secondary N) is 2. The summed E-state index contributed by atoms with van der Waals surface area (Å²) >= 11 is 30.4. The van der Waals surface area contributed by atoms with Gasteiger partial charge in [0.15, 0.2) is 12.4 Å². The summed E-state index contributed by atoms with van der Waals surface area (Å²) < 4.78 is 5.48. The number of anilines is 2. The Morgan fingerprint density at radius 2 is 1.61 bits per heavy atom. The number of barbiturate groups is 1. The first-order chi connectivity index (χ1) is 18.0. The maximum atomic E-state index is 13.0. The minimum Gasteiger partial charge on any atom is -0.481 e. The Morgan fingerprint density at radius 1 is 0.895 bits per heavy atom. The largest absolute Gasteiger partial charge is 0.481 e. The first-order valence-corrected chi connectivity index (χ1v) is 12.5. The number of benzene rings is 3. The molecule has 0 bridgehead atoms. The Bertz CT molecular complexity index is 1500. The van der Waals surface area contributed by atoms with E-state index in [1.54, 1.807) is 18.2 Å². The van der Waals surface area contributed by atoms with Crippen LogP contribution in [-0.2, 0) is 14.4 Å². The molecule has 4 rings (SSSR count). The number of halogens is 5. The molecule has 0 aromatic heterocycles. The van der Waals surface area contributed by atoms with Crippen molar-refractivity contribution < 1.29 is 23.9 Å². The van der Waals surface area contributed by atoms with Crippen LogP contribution in [0.1, 0.15) is 5.56 Å². The number of amides is 5. The molecule has 13 heteroatoms. The quantitative estimate of drug-likeness (QED) is 0.240. The van der Waals surface area contributed by atoms with E-state index in [0.29, 0.717) is 15.7 Å². The topological polar surface area (TPSA) is 105 Å². The fraction of sp³-hybridized carbons (Fsp3) is 0.0400. The maximum absolute atomic E-state index is 13.0. The van der Waals surface area contributed by atoms with E-state index < -0.39 is 30.4 Å². The third-order valence-corrected chi connectivity index (χ3v) is 6.59. The predicted molar refractivity (Wildman–Crippen MR) is 148 cm³/mol. The lowest BCUT2D eigenvalue weighted by atomic mass is 10.1. The van der Waals surface area contributed by atoms with E-state index in [4.69, 9.17) is 62.7 Å². The summed E-state index contributed by atoms with van der Waals surface area (Å²) in [5.41, 5.74) is 0.517. The fourth-order valence-corrected chi connectivity index (χ4v) is 4.48. The van der Waals surface area contributed by atoms with Crippen LogP contribution >= 0.6 is 58.0 Å². The minimum atomic E-state index is -0.918. The molecule has 3 aromatic carbocycles. The van der Waals surface area contributed by atoms with E-state index in [-0.39, 0.29) is 37.6 Å². The van der Waals surface area contributed by atoms with E-state index in [1.807, 2.05) is 0 Å². The molecule has 1 saturated heterocycles. The molecule has 5 amide bonds. The Hall–Kier alpha value is -3.27. The Kier molecular flexibility index (Phi) is 8.50. The zero-order valence-electron chi connectivity index (χ0n) is 18.9. The summed E-state index contributed by atoms with van der Waals surface area (Å²) in [7, 11) is 0. The summed E-state index contributed by atoms with van der Waals surface area (Å²) in [6.45, 7) is -0.433. The molecule has 8 nitrogen and oxygen atoms in total. The van der Waals surface area contributed by atoms with Gasteiger partial charge in [0.1, 0.15) is 5.57 Å². The van der Waals surface area contributed by atoms with Gasteiger partial charge in [0.05, 0.1) is 25.8 Å². The zero-order chi connectivity index (χ0) is 27.6. The normalized spacial score (nSPS) is 14.5. The molecular weight excluding hydrogens is 600 g/mol. The van der Waals surface area contributed by atoms with Gasteiger partial charge in [-0.1, -0.05) is 64.1 Å². The second kappa shape index (κ2) is 11.6. The lowest BCUT2D eigenvalue weighted by Crippen LogP contribution is -2.54. The smallest absolute Gasteiger partial charge is 0.335 e. The highest BCUT2D eigenvalue weighted by atomic mass is 35.5. The fourth-order valence-electron chi connectivity index (χ4n) is 3.38. The Labute approximate surface area is 241 Å². The summed E-state index contributed by atoms with van der Waals surface area (Å²) in [6, 6.07) is 12.5. The van der Waals surface area contributed by atoms with Crippen molar-refractivity contribution in [1.29, 1.82) is 0 Å². The number of rotatable bonds is 6. The highest BCUT2D eigenvalue weighted by Crippen LogP contribution is 2.35. The molecule has 0 atom stereocenters. The first kappa shape index (κ1) is 27.8. The van der Waals surface area contributed by atoms with Gasteiger partial charge in [-0.05, 0) is 60.2 Å². The summed E-state index contributed by atoms with van der Waals surface area (Å²) in [6.07, 6.45) is 1.22. The minimum absolute atomic E-state index is 0.00919. The predicted octanol–water partition coefficient (Wildman–Crippen LogP) is 6.64. The van der Waals surface area contributed by atoms with Crippen LogP contribution in [0.4, 0.5) is 16.2 Å². The van der Waals surface area contributed by atoms with Crippen molar-refractivity contribution in [2.24, 2.45) is 0 Å². The van der Waals surface area contributed by atoms with Gasteiger partial charge in [-0.15, -0.1) is 0 Å². The molecule has 0 saturated carbocycles. The van der Waals surface area contributed by atoms with Crippen LogP contribution < -0.4 is 20.3 Å². The lowest BCUT2D eigenvalue weighted by Gasteiger charge is -2.26. The molecule has 0 unspecified atom stereocenters. The van der Waals surface area contributed by atoms with Crippen LogP contribution in [0.25, 0.3) is 6.08 Å². The third kappa shape index (κ3) is 6.23. The summed E-state index contributed by atoms with van der Waals surface area (Å²) in [5.74, 6) is -2.27. The van der Waals surface area contributed by atoms with Gasteiger partial charge >= 0.3 is 6.03 Å². The van der Waals surface area contributed by atoms with E-state index in [0.717, 1.165) is 4.90 Å². The van der Waals surface area contributed by atoms with E-state index in [1.165, 1.54) is 42.5 Å². The van der Waals surface area contributed by atoms with Crippen molar-refractivity contribution in [3.05, 3.63) is 90.8 Å². The Morgan fingerprint density at radius 3 is 2.26 bits per heavy atom. The summed E-state index contributed by atoms with van der Waals surface area (Å²) in [5, 5.41) is 5.64. The van der Waals surface area contributed by atoms with Crippen LogP contribution in [0.3, 0.4) is 0 Å². The van der Waals surface area contributed by atoms with E-state index in [2.05, 4.69) is 10.6 Å². The first-order valence-electron chi connectivity index (χ1n) is 10.6. The van der Waals surface area contributed by atoms with Gasteiger partial charge in [0, 0.05) is 10.7 Å². The molecule has 1 aliphatic rings. The average molecular weight is 614 g/mol. The van der Waals surface area contributed by atoms with Crippen molar-refractivity contribution >= 4 is 99.2 Å². The molecule has 0 spiro atoms. The second-order valence-corrected chi connectivity index (χ2v) is 9.78. The average Bonchev–Trinajstić information content (AvgIpc) is 2.83. The molecule has 38 heavy (non-hydrogen) atoms. The van der Waals surface area contributed by atoms with Gasteiger partial charge in [0.25, 0.3) is 17.7 Å². The lowest BCUT2D eigenvalue weighted by molar-refractivity contribution is -0.122. The molecule has 194 valence electrons. The standard InChI is InChI=1S/C25H14Cl5N3O5/c26-13-2-1-3-15(9-13)33-24(36)16(23(35)32-25(33)37)6-12-7-19(29)22(20(30)8-12)38-11-21(34)31-14-4-5-17(27)18(28)10-14/h1-10H,11H2,(H,31,34)(H,32,35,37)/b16-6+. The van der Waals surface area contributed by atoms with Gasteiger partial charge in [0.2, 0.25) is 0 Å². The van der Waals surface area contributed by atoms with Crippen molar-refractivity contribution in [1.82, 2.24) is 5.32 Å². The SMILES string of the molecule is O=C(COc1c(Cl)cc(/C=C2\C(=O)NC(=O)N(c3cccc(Cl)c3)C2=O)cc1Cl)Nc1ccc(Cl)c(Cl)c1. The molecule has 1 fully saturated rings. The van der Waals surface area contributed by atoms with Gasteiger partial charge < -0.3 is 10.1 Å². The number of hydrogen-bond acceptors (Lipinski definition) is 5. The second-order valence-electron chi connectivity index (χ2n) is 7.72. The number of ether oxygens (including phenoxy) is 1. The Balaban J connectivity index is 1.51. The number of nitrogens with zero attached hydrogens (tertiary/aromatic N) is 1. The summed E-state index contributed by atoms with van der Waals surface area (Å²) in [4.78, 5) is 50.9. The van der Waals surface area contributed by atoms with Crippen LogP contribution in [0.15, 0.2) is 60.2 Å². The van der Waals surface area contributed by atoms with Gasteiger partial charge in [-0.3, -0.25) is 19.7 Å². The number of urea groups is 1. The van der Waals surface area contributed by atoms with Crippen LogP contribution in [-0.4, -0.2) is 30.4 Å². The number of carbonyl (C=O) groups excluding carboxylic acids is 4. The highest BCUT2D eigenvalue weighted by Gasteiger charge is 2.37. The van der Waals surface area contributed by atoms with Crippen molar-refractivity contribution in [3.8, 4) is 5.75 Å². The maximum Gasteiger partial charge on any atom is 0.335 e.